The number of para-hydroxylation sites is 1. The summed E-state index contributed by atoms with van der Waals surface area (Å²) in [5.74, 6) is 1.12. The lowest BCUT2D eigenvalue weighted by Gasteiger charge is -2.11. The Morgan fingerprint density at radius 2 is 1.59 bits per heavy atom. The van der Waals surface area contributed by atoms with E-state index < -0.39 is 0 Å². The molecule has 2 aromatic carbocycles. The Morgan fingerprint density at radius 1 is 0.941 bits per heavy atom. The van der Waals surface area contributed by atoms with Gasteiger partial charge in [-0.2, -0.15) is 0 Å². The number of ether oxygens (including phenoxy) is 1. The highest BCUT2D eigenvalue weighted by atomic mass is 79.9. The molecule has 0 heterocycles. The first kappa shape index (κ1) is 12.9. The molecule has 0 aliphatic heterocycles. The number of hydrogen-bond acceptors (Lipinski definition) is 2. The number of halogens is 3. The van der Waals surface area contributed by atoms with Gasteiger partial charge < -0.3 is 9.84 Å². The standard InChI is InChI=1S/C12H7Br3O2/c13-8-6-9(12(16)11(15)10(8)14)17-7-4-2-1-3-5-7/h1-6,16H. The van der Waals surface area contributed by atoms with E-state index in [0.29, 0.717) is 16.0 Å². The minimum absolute atomic E-state index is 0.0592. The monoisotopic (exact) mass is 420 g/mol. The van der Waals surface area contributed by atoms with Gasteiger partial charge in [-0.3, -0.25) is 0 Å². The average molecular weight is 423 g/mol. The van der Waals surface area contributed by atoms with Crippen molar-refractivity contribution in [3.8, 4) is 17.2 Å². The molecule has 0 aliphatic rings. The van der Waals surface area contributed by atoms with E-state index in [2.05, 4.69) is 47.8 Å². The van der Waals surface area contributed by atoms with Gasteiger partial charge in [-0.25, -0.2) is 0 Å². The fraction of sp³-hybridized carbons (Fsp3) is 0. The molecule has 0 bridgehead atoms. The van der Waals surface area contributed by atoms with Gasteiger partial charge in [0.05, 0.1) is 4.47 Å². The van der Waals surface area contributed by atoms with E-state index in [1.807, 2.05) is 30.3 Å². The van der Waals surface area contributed by atoms with Crippen molar-refractivity contribution >= 4 is 47.8 Å². The van der Waals surface area contributed by atoms with Gasteiger partial charge in [0.2, 0.25) is 0 Å². The molecule has 0 aromatic heterocycles. The summed E-state index contributed by atoms with van der Waals surface area (Å²) in [4.78, 5) is 0. The topological polar surface area (TPSA) is 29.5 Å². The molecule has 17 heavy (non-hydrogen) atoms. The van der Waals surface area contributed by atoms with Crippen molar-refractivity contribution in [2.24, 2.45) is 0 Å². The molecule has 0 saturated carbocycles. The summed E-state index contributed by atoms with van der Waals surface area (Å²) in [7, 11) is 0. The third-order valence-electron chi connectivity index (χ3n) is 2.07. The molecule has 0 fully saturated rings. The highest BCUT2D eigenvalue weighted by molar-refractivity contribution is 9.14. The molecule has 2 rings (SSSR count). The van der Waals surface area contributed by atoms with Crippen LogP contribution in [0.3, 0.4) is 0 Å². The van der Waals surface area contributed by atoms with Crippen LogP contribution in [0.2, 0.25) is 0 Å². The first-order valence-corrected chi connectivity index (χ1v) is 7.07. The molecule has 2 nitrogen and oxygen atoms in total. The van der Waals surface area contributed by atoms with Crippen molar-refractivity contribution in [1.29, 1.82) is 0 Å². The molecule has 5 heteroatoms. The van der Waals surface area contributed by atoms with Gasteiger partial charge in [-0.05, 0) is 59.9 Å². The molecule has 0 radical (unpaired) electrons. The fourth-order valence-electron chi connectivity index (χ4n) is 1.26. The van der Waals surface area contributed by atoms with Crippen LogP contribution in [0.4, 0.5) is 0 Å². The van der Waals surface area contributed by atoms with Crippen LogP contribution in [0.1, 0.15) is 0 Å². The second-order valence-electron chi connectivity index (χ2n) is 3.25. The van der Waals surface area contributed by atoms with E-state index in [9.17, 15) is 5.11 Å². The predicted octanol–water partition coefficient (Wildman–Crippen LogP) is 5.47. The normalized spacial score (nSPS) is 10.3. The summed E-state index contributed by atoms with van der Waals surface area (Å²) < 4.78 is 7.69. The first-order valence-electron chi connectivity index (χ1n) is 4.69. The minimum atomic E-state index is 0.0592. The zero-order chi connectivity index (χ0) is 12.4. The molecule has 0 atom stereocenters. The first-order chi connectivity index (χ1) is 8.09. The molecule has 0 saturated heterocycles. The maximum atomic E-state index is 9.94. The van der Waals surface area contributed by atoms with E-state index in [1.165, 1.54) is 0 Å². The van der Waals surface area contributed by atoms with E-state index in [4.69, 9.17) is 4.74 Å². The molecule has 2 aromatic rings. The van der Waals surface area contributed by atoms with E-state index >= 15 is 0 Å². The smallest absolute Gasteiger partial charge is 0.174 e. The van der Waals surface area contributed by atoms with Gasteiger partial charge >= 0.3 is 0 Å². The Hall–Kier alpha value is -0.520. The largest absolute Gasteiger partial charge is 0.503 e. The Morgan fingerprint density at radius 3 is 2.24 bits per heavy atom. The van der Waals surface area contributed by atoms with Crippen LogP contribution in [-0.4, -0.2) is 5.11 Å². The lowest BCUT2D eigenvalue weighted by Crippen LogP contribution is -1.86. The zero-order valence-electron chi connectivity index (χ0n) is 8.45. The molecular formula is C12H7Br3O2. The maximum Gasteiger partial charge on any atom is 0.174 e. The van der Waals surface area contributed by atoms with Crippen LogP contribution in [0.5, 0.6) is 17.2 Å². The highest BCUT2D eigenvalue weighted by Gasteiger charge is 2.14. The number of aromatic hydroxyl groups is 1. The number of phenols is 1. The lowest BCUT2D eigenvalue weighted by atomic mass is 10.3. The van der Waals surface area contributed by atoms with Crippen molar-refractivity contribution in [2.45, 2.75) is 0 Å². The number of phenolic OH excluding ortho intramolecular Hbond substituents is 1. The van der Waals surface area contributed by atoms with Crippen LogP contribution < -0.4 is 4.74 Å². The minimum Gasteiger partial charge on any atom is -0.503 e. The van der Waals surface area contributed by atoms with Crippen molar-refractivity contribution < 1.29 is 9.84 Å². The number of benzene rings is 2. The predicted molar refractivity (Wildman–Crippen MR) is 77.7 cm³/mol. The van der Waals surface area contributed by atoms with Gasteiger partial charge in [0.25, 0.3) is 0 Å². The Kier molecular flexibility index (Phi) is 4.12. The summed E-state index contributed by atoms with van der Waals surface area (Å²) >= 11 is 10.0. The summed E-state index contributed by atoms with van der Waals surface area (Å²) in [6.07, 6.45) is 0. The fourth-order valence-corrected chi connectivity index (χ4v) is 2.64. The Labute approximate surface area is 124 Å². The molecule has 0 aliphatic carbocycles. The molecule has 1 N–H and O–H groups in total. The summed E-state index contributed by atoms with van der Waals surface area (Å²) in [6.45, 7) is 0. The van der Waals surface area contributed by atoms with Crippen molar-refractivity contribution in [3.63, 3.8) is 0 Å². The Balaban J connectivity index is 2.41. The van der Waals surface area contributed by atoms with Crippen molar-refractivity contribution in [2.75, 3.05) is 0 Å². The quantitative estimate of drug-likeness (QED) is 0.650. The second kappa shape index (κ2) is 5.42. The molecular weight excluding hydrogens is 416 g/mol. The van der Waals surface area contributed by atoms with Gasteiger partial charge in [-0.1, -0.05) is 18.2 Å². The van der Waals surface area contributed by atoms with Gasteiger partial charge in [0.1, 0.15) is 5.75 Å². The second-order valence-corrected chi connectivity index (χ2v) is 5.69. The molecule has 0 amide bonds. The van der Waals surface area contributed by atoms with E-state index in [1.54, 1.807) is 6.07 Å². The maximum absolute atomic E-state index is 9.94. The highest BCUT2D eigenvalue weighted by Crippen LogP contribution is 2.45. The van der Waals surface area contributed by atoms with E-state index in [0.717, 1.165) is 8.95 Å². The molecule has 0 spiro atoms. The number of rotatable bonds is 2. The van der Waals surface area contributed by atoms with Gasteiger partial charge in [-0.15, -0.1) is 0 Å². The average Bonchev–Trinajstić information content (AvgIpc) is 2.35. The Bertz CT molecular complexity index is 541. The zero-order valence-corrected chi connectivity index (χ0v) is 13.2. The number of hydrogen-bond donors (Lipinski definition) is 1. The van der Waals surface area contributed by atoms with Crippen molar-refractivity contribution in [3.05, 3.63) is 49.8 Å². The SMILES string of the molecule is Oc1c(Oc2ccccc2)cc(Br)c(Br)c1Br. The third kappa shape index (κ3) is 2.84. The van der Waals surface area contributed by atoms with Crippen molar-refractivity contribution in [1.82, 2.24) is 0 Å². The van der Waals surface area contributed by atoms with Crippen LogP contribution in [0.25, 0.3) is 0 Å². The van der Waals surface area contributed by atoms with Crippen LogP contribution in [0, 0.1) is 0 Å². The van der Waals surface area contributed by atoms with Crippen LogP contribution in [-0.2, 0) is 0 Å². The van der Waals surface area contributed by atoms with Crippen LogP contribution >= 0.6 is 47.8 Å². The van der Waals surface area contributed by atoms with Gasteiger partial charge in [0, 0.05) is 15.0 Å². The summed E-state index contributed by atoms with van der Waals surface area (Å²) in [6, 6.07) is 11.0. The van der Waals surface area contributed by atoms with Crippen LogP contribution in [0.15, 0.2) is 49.8 Å². The third-order valence-corrected chi connectivity index (χ3v) is 5.36. The molecule has 0 unspecified atom stereocenters. The lowest BCUT2D eigenvalue weighted by molar-refractivity contribution is 0.408. The summed E-state index contributed by atoms with van der Waals surface area (Å²) in [5, 5.41) is 9.94. The van der Waals surface area contributed by atoms with Gasteiger partial charge in [0.15, 0.2) is 11.5 Å². The summed E-state index contributed by atoms with van der Waals surface area (Å²) in [5.41, 5.74) is 0. The van der Waals surface area contributed by atoms with E-state index in [-0.39, 0.29) is 5.75 Å². The molecule has 88 valence electrons.